The number of hydrogen-bond donors (Lipinski definition) is 0. The molecule has 1 aromatic rings. The Bertz CT molecular complexity index is 444. The molecule has 0 radical (unpaired) electrons. The number of hydrogen-bond acceptors (Lipinski definition) is 1. The predicted molar refractivity (Wildman–Crippen MR) is 72.5 cm³/mol. The first kappa shape index (κ1) is 15.8. The maximum Gasteiger partial charge on any atom is 0.390 e. The fraction of sp³-hybridized carbons (Fsp3) is 0.500. The fourth-order valence-electron chi connectivity index (χ4n) is 1.83. The molecule has 0 fully saturated rings. The van der Waals surface area contributed by atoms with Gasteiger partial charge in [0.15, 0.2) is 0 Å². The second-order valence-corrected chi connectivity index (χ2v) is 5.99. The van der Waals surface area contributed by atoms with Crippen molar-refractivity contribution in [1.29, 1.82) is 0 Å². The molecule has 0 saturated carbocycles. The summed E-state index contributed by atoms with van der Waals surface area (Å²) >= 11 is 6.46. The Morgan fingerprint density at radius 2 is 1.89 bits per heavy atom. The lowest BCUT2D eigenvalue weighted by Crippen LogP contribution is -2.12. The van der Waals surface area contributed by atoms with Crippen molar-refractivity contribution in [2.75, 3.05) is 7.11 Å². The third-order valence-corrected chi connectivity index (χ3v) is 4.24. The van der Waals surface area contributed by atoms with E-state index in [1.165, 1.54) is 7.11 Å². The van der Waals surface area contributed by atoms with Crippen LogP contribution in [0.15, 0.2) is 10.5 Å². The summed E-state index contributed by atoms with van der Waals surface area (Å²) in [6, 6.07) is 1.84. The number of alkyl halides is 4. The third-order valence-electron chi connectivity index (χ3n) is 2.64. The summed E-state index contributed by atoms with van der Waals surface area (Å²) in [5.74, 6) is 0.502. The second-order valence-electron chi connectivity index (χ2n) is 4.03. The SMILES string of the molecule is COc1c(C)cc(Br)c(C)c1C(Br)CC(F)(F)F. The number of rotatable bonds is 3. The number of ether oxygens (including phenoxy) is 1. The highest BCUT2D eigenvalue weighted by atomic mass is 79.9. The predicted octanol–water partition coefficient (Wildman–Crippen LogP) is 5.46. The van der Waals surface area contributed by atoms with Gasteiger partial charge in [-0.05, 0) is 31.0 Å². The van der Waals surface area contributed by atoms with E-state index in [1.807, 2.05) is 6.07 Å². The molecule has 1 nitrogen and oxygen atoms in total. The van der Waals surface area contributed by atoms with Gasteiger partial charge < -0.3 is 4.74 Å². The Labute approximate surface area is 121 Å². The largest absolute Gasteiger partial charge is 0.496 e. The Morgan fingerprint density at radius 1 is 1.33 bits per heavy atom. The molecule has 6 heteroatoms. The van der Waals surface area contributed by atoms with Crippen LogP contribution in [0.1, 0.15) is 27.9 Å². The van der Waals surface area contributed by atoms with Gasteiger partial charge in [0.2, 0.25) is 0 Å². The first-order chi connectivity index (χ1) is 8.17. The van der Waals surface area contributed by atoms with Gasteiger partial charge >= 0.3 is 6.18 Å². The van der Waals surface area contributed by atoms with Gasteiger partial charge in [0, 0.05) is 10.0 Å². The van der Waals surface area contributed by atoms with Crippen molar-refractivity contribution in [3.8, 4) is 5.75 Å². The van der Waals surface area contributed by atoms with Gasteiger partial charge in [0.1, 0.15) is 5.75 Å². The van der Waals surface area contributed by atoms with E-state index in [0.29, 0.717) is 11.3 Å². The van der Waals surface area contributed by atoms with Crippen LogP contribution in [0.3, 0.4) is 0 Å². The molecular formula is C12H13Br2F3O. The van der Waals surface area contributed by atoms with E-state index in [9.17, 15) is 13.2 Å². The van der Waals surface area contributed by atoms with E-state index in [-0.39, 0.29) is 0 Å². The Morgan fingerprint density at radius 3 is 2.33 bits per heavy atom. The summed E-state index contributed by atoms with van der Waals surface area (Å²) in [6.45, 7) is 3.58. The number of aryl methyl sites for hydroxylation is 1. The summed E-state index contributed by atoms with van der Waals surface area (Å²) in [4.78, 5) is -0.816. The number of methoxy groups -OCH3 is 1. The van der Waals surface area contributed by atoms with Gasteiger partial charge in [-0.2, -0.15) is 13.2 Å². The number of benzene rings is 1. The molecule has 0 heterocycles. The molecule has 1 rings (SSSR count). The van der Waals surface area contributed by atoms with Crippen molar-refractivity contribution in [2.45, 2.75) is 31.3 Å². The second kappa shape index (κ2) is 5.82. The molecule has 1 aromatic carbocycles. The fourth-order valence-corrected chi connectivity index (χ4v) is 3.30. The highest BCUT2D eigenvalue weighted by molar-refractivity contribution is 9.10. The zero-order chi connectivity index (χ0) is 14.1. The van der Waals surface area contributed by atoms with Crippen LogP contribution in [0, 0.1) is 13.8 Å². The minimum absolute atomic E-state index is 0.502. The van der Waals surface area contributed by atoms with Crippen LogP contribution in [0.2, 0.25) is 0 Å². The van der Waals surface area contributed by atoms with Gasteiger partial charge in [0.05, 0.1) is 18.4 Å². The molecule has 102 valence electrons. The highest BCUT2D eigenvalue weighted by Crippen LogP contribution is 2.44. The molecule has 1 unspecified atom stereocenters. The smallest absolute Gasteiger partial charge is 0.390 e. The normalized spacial score (nSPS) is 13.6. The van der Waals surface area contributed by atoms with Crippen molar-refractivity contribution < 1.29 is 17.9 Å². The van der Waals surface area contributed by atoms with Gasteiger partial charge in [0.25, 0.3) is 0 Å². The van der Waals surface area contributed by atoms with Gasteiger partial charge in [-0.25, -0.2) is 0 Å². The summed E-state index contributed by atoms with van der Waals surface area (Å²) < 4.78 is 43.4. The Hall–Kier alpha value is -0.230. The zero-order valence-electron chi connectivity index (χ0n) is 10.2. The van der Waals surface area contributed by atoms with E-state index >= 15 is 0 Å². The lowest BCUT2D eigenvalue weighted by Gasteiger charge is -2.21. The van der Waals surface area contributed by atoms with Crippen LogP contribution in [0.5, 0.6) is 5.75 Å². The average molecular weight is 390 g/mol. The third kappa shape index (κ3) is 3.63. The van der Waals surface area contributed by atoms with Crippen molar-refractivity contribution in [2.24, 2.45) is 0 Å². The van der Waals surface area contributed by atoms with E-state index in [1.54, 1.807) is 13.8 Å². The van der Waals surface area contributed by atoms with E-state index in [0.717, 1.165) is 15.6 Å². The molecule has 1 atom stereocenters. The van der Waals surface area contributed by atoms with Crippen molar-refractivity contribution in [1.82, 2.24) is 0 Å². The van der Waals surface area contributed by atoms with Crippen LogP contribution in [-0.2, 0) is 0 Å². The molecular weight excluding hydrogens is 377 g/mol. The zero-order valence-corrected chi connectivity index (χ0v) is 13.3. The van der Waals surface area contributed by atoms with Crippen LogP contribution >= 0.6 is 31.9 Å². The lowest BCUT2D eigenvalue weighted by molar-refractivity contribution is -0.134. The van der Waals surface area contributed by atoms with Gasteiger partial charge in [-0.1, -0.05) is 31.9 Å². The lowest BCUT2D eigenvalue weighted by atomic mass is 9.99. The quantitative estimate of drug-likeness (QED) is 0.623. The molecule has 0 saturated heterocycles. The Balaban J connectivity index is 3.29. The van der Waals surface area contributed by atoms with Crippen LogP contribution in [-0.4, -0.2) is 13.3 Å². The molecule has 0 aliphatic rings. The van der Waals surface area contributed by atoms with Crippen molar-refractivity contribution in [3.63, 3.8) is 0 Å². The van der Waals surface area contributed by atoms with E-state index < -0.39 is 17.4 Å². The van der Waals surface area contributed by atoms with Crippen LogP contribution in [0.4, 0.5) is 13.2 Å². The van der Waals surface area contributed by atoms with E-state index in [4.69, 9.17) is 4.74 Å². The first-order valence-corrected chi connectivity index (χ1v) is 6.92. The Kier molecular flexibility index (Phi) is 5.12. The maximum atomic E-state index is 12.5. The van der Waals surface area contributed by atoms with Gasteiger partial charge in [-0.3, -0.25) is 0 Å². The van der Waals surface area contributed by atoms with E-state index in [2.05, 4.69) is 31.9 Å². The summed E-state index contributed by atoms with van der Waals surface area (Å²) in [5.41, 5.74) is 2.10. The highest BCUT2D eigenvalue weighted by Gasteiger charge is 2.33. The molecule has 0 spiro atoms. The molecule has 0 aromatic heterocycles. The maximum absolute atomic E-state index is 12.5. The molecule has 0 bridgehead atoms. The van der Waals surface area contributed by atoms with Gasteiger partial charge in [-0.15, -0.1) is 0 Å². The van der Waals surface area contributed by atoms with Crippen molar-refractivity contribution >= 4 is 31.9 Å². The average Bonchev–Trinajstić information content (AvgIpc) is 2.20. The molecule has 0 aliphatic carbocycles. The molecule has 18 heavy (non-hydrogen) atoms. The topological polar surface area (TPSA) is 9.23 Å². The van der Waals surface area contributed by atoms with Crippen LogP contribution < -0.4 is 4.74 Å². The minimum atomic E-state index is -4.22. The monoisotopic (exact) mass is 388 g/mol. The first-order valence-electron chi connectivity index (χ1n) is 5.21. The molecule has 0 N–H and O–H groups in total. The number of halogens is 5. The summed E-state index contributed by atoms with van der Waals surface area (Å²) in [7, 11) is 1.46. The van der Waals surface area contributed by atoms with Crippen molar-refractivity contribution in [3.05, 3.63) is 27.2 Å². The van der Waals surface area contributed by atoms with Crippen LogP contribution in [0.25, 0.3) is 0 Å². The standard InChI is InChI=1S/C12H13Br2F3O/c1-6-4-8(13)7(2)10(11(6)18-3)9(14)5-12(15,16)17/h4,9H,5H2,1-3H3. The summed E-state index contributed by atoms with van der Waals surface area (Å²) in [5, 5.41) is 0. The molecule has 0 aliphatic heterocycles. The minimum Gasteiger partial charge on any atom is -0.496 e. The summed E-state index contributed by atoms with van der Waals surface area (Å²) in [6.07, 6.45) is -5.15. The molecule has 0 amide bonds.